The molecule has 0 aliphatic carbocycles. The Morgan fingerprint density at radius 1 is 1.00 bits per heavy atom. The fraction of sp³-hybridized carbons (Fsp3) is 0.161. The van der Waals surface area contributed by atoms with Gasteiger partial charge in [-0.3, -0.25) is 4.79 Å². The third-order valence-electron chi connectivity index (χ3n) is 7.41. The number of rotatable bonds is 6. The Morgan fingerprint density at radius 3 is 2.37 bits per heavy atom. The molecule has 2 heterocycles. The van der Waals surface area contributed by atoms with Crippen LogP contribution < -0.4 is 4.90 Å². The highest BCUT2D eigenvalue weighted by Crippen LogP contribution is 2.41. The van der Waals surface area contributed by atoms with Gasteiger partial charge in [0.15, 0.2) is 0 Å². The molecule has 1 aliphatic rings. The molecule has 0 N–H and O–H groups in total. The lowest BCUT2D eigenvalue weighted by atomic mass is 9.98. The Balaban J connectivity index is 1.61. The molecule has 0 saturated heterocycles. The van der Waals surface area contributed by atoms with Gasteiger partial charge in [-0.1, -0.05) is 30.3 Å². The molecule has 0 saturated carbocycles. The van der Waals surface area contributed by atoms with E-state index >= 15 is 0 Å². The maximum Gasteiger partial charge on any atom is 0.340 e. The Bertz CT molecular complexity index is 1970. The number of anilines is 1. The van der Waals surface area contributed by atoms with Crippen molar-refractivity contribution in [3.63, 3.8) is 0 Å². The van der Waals surface area contributed by atoms with Crippen LogP contribution in [0, 0.1) is 5.82 Å². The highest BCUT2D eigenvalue weighted by molar-refractivity contribution is 7.90. The molecule has 0 unspecified atom stereocenters. The van der Waals surface area contributed by atoms with Crippen LogP contribution >= 0.6 is 0 Å². The molecular weight excluding hydrogens is 545 g/mol. The molecule has 41 heavy (non-hydrogen) atoms. The molecule has 1 aromatic heterocycles. The van der Waals surface area contributed by atoms with Crippen LogP contribution in [-0.4, -0.2) is 50.4 Å². The average molecular weight is 572 g/mol. The standard InChI is InChI=1S/C31H26FN3O5S/c1-33(2)22-12-9-19(10-13-22)17-34-18-20-15-25(31(37)40-3)29-28(27(20)30(34)36)24-16-21(32)11-14-26(24)35(29)41(38,39)23-7-5-4-6-8-23/h4-16H,17-18H2,1-3H3. The van der Waals surface area contributed by atoms with Crippen molar-refractivity contribution in [2.75, 3.05) is 26.1 Å². The second kappa shape index (κ2) is 9.74. The van der Waals surface area contributed by atoms with Gasteiger partial charge in [0, 0.05) is 43.6 Å². The largest absolute Gasteiger partial charge is 0.465 e. The lowest BCUT2D eigenvalue weighted by molar-refractivity contribution is 0.0602. The second-order valence-electron chi connectivity index (χ2n) is 10.1. The number of methoxy groups -OCH3 is 1. The summed E-state index contributed by atoms with van der Waals surface area (Å²) in [6.45, 7) is 0.489. The minimum absolute atomic E-state index is 0.0198. The predicted octanol–water partition coefficient (Wildman–Crippen LogP) is 5.18. The van der Waals surface area contributed by atoms with Crippen LogP contribution in [0.5, 0.6) is 0 Å². The van der Waals surface area contributed by atoms with Crippen LogP contribution in [0.2, 0.25) is 0 Å². The van der Waals surface area contributed by atoms with Crippen LogP contribution in [-0.2, 0) is 27.8 Å². The normalized spacial score (nSPS) is 13.2. The number of hydrogen-bond donors (Lipinski definition) is 0. The Labute approximate surface area is 236 Å². The van der Waals surface area contributed by atoms with Gasteiger partial charge in [0.2, 0.25) is 0 Å². The molecule has 208 valence electrons. The molecule has 1 aliphatic heterocycles. The van der Waals surface area contributed by atoms with E-state index in [1.807, 2.05) is 43.3 Å². The zero-order chi connectivity index (χ0) is 29.1. The van der Waals surface area contributed by atoms with E-state index in [9.17, 15) is 22.4 Å². The number of carbonyl (C=O) groups is 2. The molecule has 8 nitrogen and oxygen atoms in total. The van der Waals surface area contributed by atoms with Gasteiger partial charge < -0.3 is 14.5 Å². The van der Waals surface area contributed by atoms with Gasteiger partial charge in [0.1, 0.15) is 5.82 Å². The van der Waals surface area contributed by atoms with Gasteiger partial charge in [-0.05, 0) is 59.7 Å². The van der Waals surface area contributed by atoms with Crippen LogP contribution in [0.25, 0.3) is 21.8 Å². The fourth-order valence-electron chi connectivity index (χ4n) is 5.47. The van der Waals surface area contributed by atoms with E-state index in [1.54, 1.807) is 23.1 Å². The topological polar surface area (TPSA) is 88.9 Å². The summed E-state index contributed by atoms with van der Waals surface area (Å²) < 4.78 is 48.9. The van der Waals surface area contributed by atoms with Crippen molar-refractivity contribution in [1.29, 1.82) is 0 Å². The van der Waals surface area contributed by atoms with Gasteiger partial charge >= 0.3 is 5.97 Å². The highest BCUT2D eigenvalue weighted by atomic mass is 32.2. The quantitative estimate of drug-likeness (QED) is 0.261. The van der Waals surface area contributed by atoms with E-state index in [0.717, 1.165) is 21.3 Å². The SMILES string of the molecule is COC(=O)c1cc2c(c3c4cc(F)ccc4n(S(=O)(=O)c4ccccc4)c13)C(=O)N(Cc1ccc(N(C)C)cc1)C2. The van der Waals surface area contributed by atoms with Crippen LogP contribution in [0.4, 0.5) is 10.1 Å². The van der Waals surface area contributed by atoms with Crippen molar-refractivity contribution < 1.29 is 27.1 Å². The third-order valence-corrected chi connectivity index (χ3v) is 9.13. The minimum atomic E-state index is -4.28. The van der Waals surface area contributed by atoms with Gasteiger partial charge in [-0.15, -0.1) is 0 Å². The zero-order valence-electron chi connectivity index (χ0n) is 22.6. The summed E-state index contributed by atoms with van der Waals surface area (Å²) in [6, 6.07) is 20.8. The number of hydrogen-bond acceptors (Lipinski definition) is 6. The molecule has 4 aromatic carbocycles. The first-order chi connectivity index (χ1) is 19.6. The first kappa shape index (κ1) is 26.5. The van der Waals surface area contributed by atoms with Gasteiger partial charge in [-0.25, -0.2) is 21.6 Å². The summed E-state index contributed by atoms with van der Waals surface area (Å²) in [7, 11) is 0.810. The van der Waals surface area contributed by atoms with E-state index in [2.05, 4.69) is 0 Å². The molecular formula is C31H26FN3O5S. The van der Waals surface area contributed by atoms with Gasteiger partial charge in [0.25, 0.3) is 15.9 Å². The van der Waals surface area contributed by atoms with E-state index in [0.29, 0.717) is 12.1 Å². The number of halogens is 1. The number of ether oxygens (including phenoxy) is 1. The fourth-order valence-corrected chi connectivity index (χ4v) is 7.03. The van der Waals surface area contributed by atoms with Gasteiger partial charge in [-0.2, -0.15) is 0 Å². The summed E-state index contributed by atoms with van der Waals surface area (Å²) in [5.74, 6) is -1.71. The summed E-state index contributed by atoms with van der Waals surface area (Å²) >= 11 is 0. The maximum atomic E-state index is 14.7. The maximum absolute atomic E-state index is 14.7. The number of benzene rings is 4. The Hall–Kier alpha value is -4.70. The number of fused-ring (bicyclic) bond motifs is 5. The van der Waals surface area contributed by atoms with Crippen LogP contribution in [0.3, 0.4) is 0 Å². The third kappa shape index (κ3) is 4.22. The van der Waals surface area contributed by atoms with Crippen molar-refractivity contribution in [1.82, 2.24) is 8.87 Å². The average Bonchev–Trinajstić information content (AvgIpc) is 3.47. The van der Waals surface area contributed by atoms with Crippen molar-refractivity contribution in [2.45, 2.75) is 18.0 Å². The monoisotopic (exact) mass is 571 g/mol. The van der Waals surface area contributed by atoms with Crippen LogP contribution in [0.15, 0.2) is 83.8 Å². The molecule has 0 atom stereocenters. The first-order valence-electron chi connectivity index (χ1n) is 12.9. The molecule has 5 aromatic rings. The highest BCUT2D eigenvalue weighted by Gasteiger charge is 2.36. The lowest BCUT2D eigenvalue weighted by Gasteiger charge is -2.17. The summed E-state index contributed by atoms with van der Waals surface area (Å²) in [5.41, 5.74) is 2.80. The molecule has 1 amide bonds. The number of nitrogens with zero attached hydrogens (tertiary/aromatic N) is 3. The number of carbonyl (C=O) groups excluding carboxylic acids is 2. The first-order valence-corrected chi connectivity index (χ1v) is 14.3. The van der Waals surface area contributed by atoms with E-state index in [4.69, 9.17) is 4.74 Å². The Kier molecular flexibility index (Phi) is 6.30. The van der Waals surface area contributed by atoms with E-state index in [-0.39, 0.29) is 50.3 Å². The predicted molar refractivity (Wildman–Crippen MR) is 154 cm³/mol. The number of amides is 1. The van der Waals surface area contributed by atoms with Crippen molar-refractivity contribution in [3.8, 4) is 0 Å². The summed E-state index contributed by atoms with van der Waals surface area (Å²) in [5, 5.41) is 0.416. The molecule has 0 radical (unpaired) electrons. The second-order valence-corrected chi connectivity index (χ2v) is 11.9. The zero-order valence-corrected chi connectivity index (χ0v) is 23.4. The van der Waals surface area contributed by atoms with Crippen LogP contribution in [0.1, 0.15) is 31.8 Å². The van der Waals surface area contributed by atoms with Crippen molar-refractivity contribution in [3.05, 3.63) is 107 Å². The number of aromatic nitrogens is 1. The smallest absolute Gasteiger partial charge is 0.340 e. The van der Waals surface area contributed by atoms with E-state index in [1.165, 1.54) is 37.4 Å². The summed E-state index contributed by atoms with van der Waals surface area (Å²) in [6.07, 6.45) is 0. The molecule has 6 rings (SSSR count). The Morgan fingerprint density at radius 2 is 1.71 bits per heavy atom. The van der Waals surface area contributed by atoms with E-state index < -0.39 is 21.8 Å². The minimum Gasteiger partial charge on any atom is -0.465 e. The van der Waals surface area contributed by atoms with Crippen molar-refractivity contribution >= 4 is 49.4 Å². The molecule has 0 fully saturated rings. The van der Waals surface area contributed by atoms with Crippen molar-refractivity contribution in [2.24, 2.45) is 0 Å². The molecule has 10 heteroatoms. The van der Waals surface area contributed by atoms with Gasteiger partial charge in [0.05, 0.1) is 34.2 Å². The molecule has 0 spiro atoms. The summed E-state index contributed by atoms with van der Waals surface area (Å²) in [4.78, 5) is 30.7. The number of esters is 1. The lowest BCUT2D eigenvalue weighted by Crippen LogP contribution is -2.23. The molecule has 0 bridgehead atoms.